The van der Waals surface area contributed by atoms with Gasteiger partial charge in [0.25, 0.3) is 0 Å². The number of aryl methyl sites for hydroxylation is 1. The molecule has 0 aliphatic rings. The molecule has 0 bridgehead atoms. The predicted octanol–water partition coefficient (Wildman–Crippen LogP) is 2.62. The molecule has 7 heteroatoms. The molecule has 21 heavy (non-hydrogen) atoms. The summed E-state index contributed by atoms with van der Waals surface area (Å²) in [5, 5.41) is 0. The average molecular weight is 378 g/mol. The molecule has 0 aromatic heterocycles. The van der Waals surface area contributed by atoms with E-state index in [-0.39, 0.29) is 10.8 Å². The van der Waals surface area contributed by atoms with E-state index >= 15 is 0 Å². The lowest BCUT2D eigenvalue weighted by atomic mass is 10.1. The zero-order chi connectivity index (χ0) is 16.2. The first-order chi connectivity index (χ1) is 9.67. The molecular weight excluding hydrogens is 358 g/mol. The van der Waals surface area contributed by atoms with Crippen molar-refractivity contribution < 1.29 is 17.9 Å². The zero-order valence-corrected chi connectivity index (χ0v) is 14.9. The molecule has 0 aliphatic carbocycles. The number of hydrogen-bond donors (Lipinski definition) is 1. The minimum Gasteiger partial charge on any atom is -0.468 e. The van der Waals surface area contributed by atoms with Crippen LogP contribution in [-0.4, -0.2) is 27.5 Å². The minimum atomic E-state index is -3.81. The van der Waals surface area contributed by atoms with Crippen LogP contribution in [0.1, 0.15) is 25.8 Å². The van der Waals surface area contributed by atoms with Gasteiger partial charge in [0.2, 0.25) is 10.0 Å². The van der Waals surface area contributed by atoms with Crippen LogP contribution in [0.4, 0.5) is 0 Å². The molecule has 118 valence electrons. The molecule has 1 aromatic rings. The van der Waals surface area contributed by atoms with E-state index in [0.29, 0.717) is 10.9 Å². The Morgan fingerprint density at radius 1 is 1.38 bits per heavy atom. The van der Waals surface area contributed by atoms with Crippen LogP contribution in [0, 0.1) is 12.8 Å². The van der Waals surface area contributed by atoms with Crippen molar-refractivity contribution in [2.45, 2.75) is 38.1 Å². The fraction of sp³-hybridized carbons (Fsp3) is 0.500. The van der Waals surface area contributed by atoms with E-state index in [2.05, 4.69) is 25.4 Å². The normalized spacial score (nSPS) is 13.2. The van der Waals surface area contributed by atoms with Crippen molar-refractivity contribution in [1.82, 2.24) is 4.72 Å². The molecule has 1 aromatic carbocycles. The van der Waals surface area contributed by atoms with E-state index in [1.54, 1.807) is 12.1 Å². The van der Waals surface area contributed by atoms with E-state index in [0.717, 1.165) is 5.56 Å². The van der Waals surface area contributed by atoms with Gasteiger partial charge < -0.3 is 4.74 Å². The first-order valence-corrected chi connectivity index (χ1v) is 8.81. The lowest BCUT2D eigenvalue weighted by Gasteiger charge is -2.19. The number of nitrogens with one attached hydrogen (secondary N) is 1. The SMILES string of the molecule is COC(=O)C(CC(C)C)NS(=O)(=O)c1ccc(C)cc1Br. The average Bonchev–Trinajstić information content (AvgIpc) is 2.35. The van der Waals surface area contributed by atoms with Gasteiger partial charge in [-0.25, -0.2) is 8.42 Å². The van der Waals surface area contributed by atoms with Crippen LogP contribution in [-0.2, 0) is 19.6 Å². The first-order valence-electron chi connectivity index (χ1n) is 6.53. The second-order valence-electron chi connectivity index (χ2n) is 5.26. The lowest BCUT2D eigenvalue weighted by Crippen LogP contribution is -2.42. The Kier molecular flexibility index (Phi) is 6.37. The topological polar surface area (TPSA) is 72.5 Å². The zero-order valence-electron chi connectivity index (χ0n) is 12.5. The molecule has 0 spiro atoms. The summed E-state index contributed by atoms with van der Waals surface area (Å²) in [4.78, 5) is 11.8. The number of benzene rings is 1. The first kappa shape index (κ1) is 18.1. The third-order valence-corrected chi connectivity index (χ3v) is 5.32. The Bertz CT molecular complexity index is 613. The van der Waals surface area contributed by atoms with Crippen LogP contribution in [0.15, 0.2) is 27.6 Å². The van der Waals surface area contributed by atoms with Crippen LogP contribution in [0.2, 0.25) is 0 Å². The molecule has 1 unspecified atom stereocenters. The number of methoxy groups -OCH3 is 1. The summed E-state index contributed by atoms with van der Waals surface area (Å²) in [5.41, 5.74) is 0.938. The van der Waals surface area contributed by atoms with Crippen LogP contribution in [0.5, 0.6) is 0 Å². The molecule has 5 nitrogen and oxygen atoms in total. The van der Waals surface area contributed by atoms with Crippen molar-refractivity contribution in [3.8, 4) is 0 Å². The lowest BCUT2D eigenvalue weighted by molar-refractivity contribution is -0.143. The van der Waals surface area contributed by atoms with Crippen LogP contribution in [0.25, 0.3) is 0 Å². The number of halogens is 1. The number of carbonyl (C=O) groups excluding carboxylic acids is 1. The van der Waals surface area contributed by atoms with Crippen molar-refractivity contribution in [3.05, 3.63) is 28.2 Å². The highest BCUT2D eigenvalue weighted by Crippen LogP contribution is 2.23. The van der Waals surface area contributed by atoms with E-state index in [1.165, 1.54) is 13.2 Å². The van der Waals surface area contributed by atoms with Crippen molar-refractivity contribution in [2.75, 3.05) is 7.11 Å². The van der Waals surface area contributed by atoms with Gasteiger partial charge in [0.15, 0.2) is 0 Å². The van der Waals surface area contributed by atoms with Crippen molar-refractivity contribution >= 4 is 31.9 Å². The highest BCUT2D eigenvalue weighted by Gasteiger charge is 2.28. The number of ether oxygens (including phenoxy) is 1. The third-order valence-electron chi connectivity index (χ3n) is 2.87. The molecule has 0 amide bonds. The standard InChI is InChI=1S/C14H20BrNO4S/c1-9(2)7-12(14(17)20-4)16-21(18,19)13-6-5-10(3)8-11(13)15/h5-6,8-9,12,16H,7H2,1-4H3. The van der Waals surface area contributed by atoms with Gasteiger partial charge >= 0.3 is 5.97 Å². The van der Waals surface area contributed by atoms with E-state index < -0.39 is 22.0 Å². The number of sulfonamides is 1. The van der Waals surface area contributed by atoms with Crippen molar-refractivity contribution in [3.63, 3.8) is 0 Å². The summed E-state index contributed by atoms with van der Waals surface area (Å²) in [6.45, 7) is 5.68. The maximum absolute atomic E-state index is 12.4. The summed E-state index contributed by atoms with van der Waals surface area (Å²) in [6, 6.07) is 4.03. The molecular formula is C14H20BrNO4S. The molecule has 1 N–H and O–H groups in total. The smallest absolute Gasteiger partial charge is 0.323 e. The molecule has 0 saturated carbocycles. The second kappa shape index (κ2) is 7.38. The Balaban J connectivity index is 3.08. The highest BCUT2D eigenvalue weighted by atomic mass is 79.9. The second-order valence-corrected chi connectivity index (χ2v) is 7.80. The molecule has 0 aliphatic heterocycles. The van der Waals surface area contributed by atoms with E-state index in [4.69, 9.17) is 0 Å². The maximum atomic E-state index is 12.4. The van der Waals surface area contributed by atoms with Gasteiger partial charge in [-0.2, -0.15) is 4.72 Å². The molecule has 0 heterocycles. The van der Waals surface area contributed by atoms with Gasteiger partial charge in [0.1, 0.15) is 6.04 Å². The fourth-order valence-corrected chi connectivity index (χ4v) is 4.27. The Hall–Kier alpha value is -0.920. The Labute approximate surface area is 134 Å². The summed E-state index contributed by atoms with van der Waals surface area (Å²) in [5.74, 6) is -0.436. The number of esters is 1. The van der Waals surface area contributed by atoms with E-state index in [9.17, 15) is 13.2 Å². The monoisotopic (exact) mass is 377 g/mol. The quantitative estimate of drug-likeness (QED) is 0.773. The Morgan fingerprint density at radius 2 is 2.00 bits per heavy atom. The van der Waals surface area contributed by atoms with Crippen LogP contribution >= 0.6 is 15.9 Å². The fourth-order valence-electron chi connectivity index (χ4n) is 1.88. The van der Waals surface area contributed by atoms with E-state index in [1.807, 2.05) is 20.8 Å². The molecule has 0 fully saturated rings. The van der Waals surface area contributed by atoms with Crippen molar-refractivity contribution in [1.29, 1.82) is 0 Å². The van der Waals surface area contributed by atoms with Crippen LogP contribution < -0.4 is 4.72 Å². The summed E-state index contributed by atoms with van der Waals surface area (Å²) < 4.78 is 32.4. The predicted molar refractivity (Wildman–Crippen MR) is 84.5 cm³/mol. The number of rotatable bonds is 6. The number of hydrogen-bond acceptors (Lipinski definition) is 4. The Morgan fingerprint density at radius 3 is 2.48 bits per heavy atom. The van der Waals surface area contributed by atoms with Gasteiger partial charge in [-0.15, -0.1) is 0 Å². The van der Waals surface area contributed by atoms with Crippen molar-refractivity contribution in [2.24, 2.45) is 5.92 Å². The largest absolute Gasteiger partial charge is 0.468 e. The summed E-state index contributed by atoms with van der Waals surface area (Å²) in [6.07, 6.45) is 0.370. The maximum Gasteiger partial charge on any atom is 0.323 e. The van der Waals surface area contributed by atoms with Gasteiger partial charge in [0.05, 0.1) is 12.0 Å². The van der Waals surface area contributed by atoms with Gasteiger partial charge in [-0.05, 0) is 52.9 Å². The third kappa shape index (κ3) is 5.09. The molecule has 0 saturated heterocycles. The van der Waals surface area contributed by atoms with Gasteiger partial charge in [-0.3, -0.25) is 4.79 Å². The highest BCUT2D eigenvalue weighted by molar-refractivity contribution is 9.10. The molecule has 1 atom stereocenters. The summed E-state index contributed by atoms with van der Waals surface area (Å²) >= 11 is 3.24. The molecule has 0 radical (unpaired) electrons. The van der Waals surface area contributed by atoms with Gasteiger partial charge in [-0.1, -0.05) is 19.9 Å². The van der Waals surface area contributed by atoms with Crippen LogP contribution in [0.3, 0.4) is 0 Å². The number of carbonyl (C=O) groups is 1. The minimum absolute atomic E-state index is 0.103. The molecule has 1 rings (SSSR count). The van der Waals surface area contributed by atoms with Gasteiger partial charge in [0, 0.05) is 4.47 Å². The summed E-state index contributed by atoms with van der Waals surface area (Å²) in [7, 11) is -2.56.